The first-order valence-electron chi connectivity index (χ1n) is 9.11. The predicted octanol–water partition coefficient (Wildman–Crippen LogP) is 2.11. The maximum atomic E-state index is 13.2. The van der Waals surface area contributed by atoms with Crippen molar-refractivity contribution in [3.8, 4) is 0 Å². The average molecular weight is 384 g/mol. The number of benzene rings is 1. The van der Waals surface area contributed by atoms with Crippen LogP contribution < -0.4 is 10.6 Å². The van der Waals surface area contributed by atoms with Crippen LogP contribution in [0.5, 0.6) is 0 Å². The Hall–Kier alpha value is -3.07. The highest BCUT2D eigenvalue weighted by Crippen LogP contribution is 2.36. The maximum Gasteiger partial charge on any atom is 0.246 e. The van der Waals surface area contributed by atoms with Crippen LogP contribution in [0.2, 0.25) is 0 Å². The molecule has 28 heavy (non-hydrogen) atoms. The molecule has 1 fully saturated rings. The van der Waals surface area contributed by atoms with Gasteiger partial charge in [0.1, 0.15) is 37.0 Å². The van der Waals surface area contributed by atoms with Crippen LogP contribution in [-0.2, 0) is 16.1 Å². The number of aromatic amines is 1. The zero-order chi connectivity index (χ0) is 19.5. The number of carbonyl (C=O) groups is 1. The first-order chi connectivity index (χ1) is 13.6. The number of aromatic nitrogens is 4. The molecule has 1 amide bonds. The van der Waals surface area contributed by atoms with E-state index in [9.17, 15) is 9.18 Å². The Kier molecular flexibility index (Phi) is 5.16. The lowest BCUT2D eigenvalue weighted by molar-refractivity contribution is -0.127. The fourth-order valence-corrected chi connectivity index (χ4v) is 3.32. The monoisotopic (exact) mass is 384 g/mol. The normalized spacial score (nSPS) is 18.6. The second-order valence-corrected chi connectivity index (χ2v) is 6.85. The molecule has 0 saturated heterocycles. The smallest absolute Gasteiger partial charge is 0.246 e. The van der Waals surface area contributed by atoms with Crippen LogP contribution in [-0.4, -0.2) is 45.5 Å². The lowest BCUT2D eigenvalue weighted by Gasteiger charge is -2.35. The highest BCUT2D eigenvalue weighted by atomic mass is 19.1. The Balaban J connectivity index is 1.20. The summed E-state index contributed by atoms with van der Waals surface area (Å²) in [6.07, 6.45) is 3.25. The summed E-state index contributed by atoms with van der Waals surface area (Å²) in [4.78, 5) is 27.7. The molecule has 146 valence electrons. The minimum Gasteiger partial charge on any atom is -0.373 e. The summed E-state index contributed by atoms with van der Waals surface area (Å²) in [5, 5.41) is 5.96. The van der Waals surface area contributed by atoms with Crippen molar-refractivity contribution < 1.29 is 13.9 Å². The van der Waals surface area contributed by atoms with Gasteiger partial charge in [0.25, 0.3) is 0 Å². The third kappa shape index (κ3) is 4.09. The molecule has 4 rings (SSSR count). The number of amides is 1. The highest BCUT2D eigenvalue weighted by Gasteiger charge is 2.32. The number of fused-ring (bicyclic) bond motifs is 1. The predicted molar refractivity (Wildman–Crippen MR) is 101 cm³/mol. The Bertz CT molecular complexity index is 985. The first-order valence-corrected chi connectivity index (χ1v) is 9.11. The second-order valence-electron chi connectivity index (χ2n) is 6.85. The summed E-state index contributed by atoms with van der Waals surface area (Å²) >= 11 is 0. The van der Waals surface area contributed by atoms with Crippen LogP contribution in [0.4, 0.5) is 10.2 Å². The van der Waals surface area contributed by atoms with Crippen molar-refractivity contribution in [2.75, 3.05) is 19.0 Å². The molecule has 3 aromatic rings. The number of nitrogens with zero attached hydrogens (tertiary/aromatic N) is 3. The molecule has 1 aromatic carbocycles. The topological polar surface area (TPSA) is 105 Å². The molecule has 0 atom stereocenters. The molecule has 3 N–H and O–H groups in total. The van der Waals surface area contributed by atoms with Crippen LogP contribution in [0, 0.1) is 5.82 Å². The van der Waals surface area contributed by atoms with Crippen LogP contribution in [0.3, 0.4) is 0 Å². The Morgan fingerprint density at radius 3 is 3.00 bits per heavy atom. The van der Waals surface area contributed by atoms with Crippen molar-refractivity contribution in [1.29, 1.82) is 0 Å². The number of halogens is 1. The summed E-state index contributed by atoms with van der Waals surface area (Å²) in [6, 6.07) is 6.40. The van der Waals surface area contributed by atoms with Gasteiger partial charge in [-0.15, -0.1) is 0 Å². The number of rotatable bonds is 7. The third-order valence-electron chi connectivity index (χ3n) is 4.83. The van der Waals surface area contributed by atoms with Gasteiger partial charge in [-0.1, -0.05) is 0 Å². The van der Waals surface area contributed by atoms with E-state index in [1.807, 2.05) is 13.1 Å². The van der Waals surface area contributed by atoms with Crippen molar-refractivity contribution in [3.63, 3.8) is 0 Å². The quantitative estimate of drug-likeness (QED) is 0.576. The fourth-order valence-electron chi connectivity index (χ4n) is 3.32. The number of nitrogens with one attached hydrogen (secondary N) is 3. The van der Waals surface area contributed by atoms with Crippen molar-refractivity contribution in [3.05, 3.63) is 47.9 Å². The van der Waals surface area contributed by atoms with Crippen LogP contribution >= 0.6 is 0 Å². The number of ether oxygens (including phenoxy) is 1. The highest BCUT2D eigenvalue weighted by molar-refractivity contribution is 5.77. The molecule has 2 aromatic heterocycles. The summed E-state index contributed by atoms with van der Waals surface area (Å²) in [6.45, 7) is 0.106. The lowest BCUT2D eigenvalue weighted by atomic mass is 9.78. The van der Waals surface area contributed by atoms with Gasteiger partial charge in [0.15, 0.2) is 0 Å². The molecule has 0 aliphatic heterocycles. The first kappa shape index (κ1) is 18.3. The van der Waals surface area contributed by atoms with E-state index in [4.69, 9.17) is 4.74 Å². The fraction of sp³-hybridized carbons (Fsp3) is 0.368. The average Bonchev–Trinajstić information content (AvgIpc) is 3.06. The van der Waals surface area contributed by atoms with Crippen molar-refractivity contribution in [2.24, 2.45) is 0 Å². The summed E-state index contributed by atoms with van der Waals surface area (Å²) in [5.74, 6) is 1.19. The maximum absolute atomic E-state index is 13.2. The molecular weight excluding hydrogens is 363 g/mol. The number of anilines is 1. The van der Waals surface area contributed by atoms with E-state index in [1.54, 1.807) is 12.4 Å². The van der Waals surface area contributed by atoms with Crippen LogP contribution in [0.1, 0.15) is 30.3 Å². The molecule has 0 bridgehead atoms. The van der Waals surface area contributed by atoms with Gasteiger partial charge in [0.2, 0.25) is 5.91 Å². The number of hydrogen-bond donors (Lipinski definition) is 3. The van der Waals surface area contributed by atoms with Crippen molar-refractivity contribution in [1.82, 2.24) is 25.3 Å². The molecule has 0 radical (unpaired) electrons. The minimum absolute atomic E-state index is 0.0516. The van der Waals surface area contributed by atoms with Gasteiger partial charge in [-0.3, -0.25) is 4.79 Å². The van der Waals surface area contributed by atoms with E-state index in [1.165, 1.54) is 12.1 Å². The molecule has 1 saturated carbocycles. The molecular formula is C19H21FN6O2. The van der Waals surface area contributed by atoms with E-state index in [0.717, 1.165) is 24.4 Å². The van der Waals surface area contributed by atoms with Gasteiger partial charge in [0.05, 0.1) is 11.0 Å². The van der Waals surface area contributed by atoms with E-state index in [2.05, 4.69) is 30.6 Å². The minimum atomic E-state index is -0.328. The standard InChI is InChI=1S/C19H21FN6O2/c1-21-17-7-15(22-10-23-17)11-4-13(5-11)24-19(27)9-28-8-18-25-14-3-2-12(20)6-16(14)26-18/h2-3,6-7,10-11,13H,4-5,8-9H2,1H3,(H,24,27)(H,25,26)(H,21,22,23). The van der Waals surface area contributed by atoms with E-state index < -0.39 is 0 Å². The summed E-state index contributed by atoms with van der Waals surface area (Å²) in [5.41, 5.74) is 2.26. The molecule has 1 aliphatic carbocycles. The van der Waals surface area contributed by atoms with Gasteiger partial charge in [0, 0.05) is 30.8 Å². The zero-order valence-corrected chi connectivity index (χ0v) is 15.4. The van der Waals surface area contributed by atoms with E-state index in [0.29, 0.717) is 22.8 Å². The molecule has 2 heterocycles. The Morgan fingerprint density at radius 2 is 2.18 bits per heavy atom. The third-order valence-corrected chi connectivity index (χ3v) is 4.83. The van der Waals surface area contributed by atoms with Crippen LogP contribution in [0.25, 0.3) is 11.0 Å². The van der Waals surface area contributed by atoms with E-state index >= 15 is 0 Å². The molecule has 0 spiro atoms. The number of H-pyrrole nitrogens is 1. The van der Waals surface area contributed by atoms with Crippen molar-refractivity contribution >= 4 is 22.8 Å². The van der Waals surface area contributed by atoms with Gasteiger partial charge in [-0.2, -0.15) is 0 Å². The van der Waals surface area contributed by atoms with Gasteiger partial charge >= 0.3 is 0 Å². The summed E-state index contributed by atoms with van der Waals surface area (Å²) in [7, 11) is 1.82. The SMILES string of the molecule is CNc1cc(C2CC(NC(=O)COCc3nc4ccc(F)cc4[nH]3)C2)ncn1. The van der Waals surface area contributed by atoms with Gasteiger partial charge in [-0.25, -0.2) is 19.3 Å². The number of imidazole rings is 1. The van der Waals surface area contributed by atoms with Crippen LogP contribution in [0.15, 0.2) is 30.6 Å². The molecule has 8 nitrogen and oxygen atoms in total. The Morgan fingerprint density at radius 1 is 1.32 bits per heavy atom. The zero-order valence-electron chi connectivity index (χ0n) is 15.4. The molecule has 1 aliphatic rings. The lowest BCUT2D eigenvalue weighted by Crippen LogP contribution is -2.44. The number of carbonyl (C=O) groups excluding carboxylic acids is 1. The largest absolute Gasteiger partial charge is 0.373 e. The van der Waals surface area contributed by atoms with E-state index in [-0.39, 0.29) is 31.0 Å². The second kappa shape index (κ2) is 7.89. The molecule has 0 unspecified atom stereocenters. The van der Waals surface area contributed by atoms with Gasteiger partial charge in [-0.05, 0) is 31.0 Å². The molecule has 9 heteroatoms. The Labute approximate surface area is 160 Å². The van der Waals surface area contributed by atoms with Crippen molar-refractivity contribution in [2.45, 2.75) is 31.4 Å². The summed E-state index contributed by atoms with van der Waals surface area (Å²) < 4.78 is 18.6. The van der Waals surface area contributed by atoms with Gasteiger partial charge < -0.3 is 20.4 Å². The number of hydrogen-bond acceptors (Lipinski definition) is 6.